The van der Waals surface area contributed by atoms with Gasteiger partial charge in [0.1, 0.15) is 5.82 Å². The molecule has 1 aromatic rings. The minimum absolute atomic E-state index is 0. The van der Waals surface area contributed by atoms with Gasteiger partial charge in [-0.2, -0.15) is 0 Å². The highest BCUT2D eigenvalue weighted by Crippen LogP contribution is 2.24. The molecule has 0 radical (unpaired) electrons. The largest absolute Gasteiger partial charge is 0.357 e. The molecule has 2 rings (SSSR count). The summed E-state index contributed by atoms with van der Waals surface area (Å²) in [6, 6.07) is 6.84. The molecule has 1 aliphatic rings. The van der Waals surface area contributed by atoms with Crippen molar-refractivity contribution in [3.05, 3.63) is 35.6 Å². The minimum Gasteiger partial charge on any atom is -0.357 e. The fourth-order valence-electron chi connectivity index (χ4n) is 3.25. The van der Waals surface area contributed by atoms with Gasteiger partial charge in [-0.05, 0) is 37.5 Å². The third-order valence-corrected chi connectivity index (χ3v) is 4.91. The summed E-state index contributed by atoms with van der Waals surface area (Å²) >= 11 is 0. The molecular formula is C20H32F3IN4. The third-order valence-electron chi connectivity index (χ3n) is 4.91. The zero-order valence-corrected chi connectivity index (χ0v) is 19.2. The summed E-state index contributed by atoms with van der Waals surface area (Å²) in [4.78, 5) is 6.50. The van der Waals surface area contributed by atoms with Crippen LogP contribution < -0.4 is 10.6 Å². The Morgan fingerprint density at radius 2 is 1.96 bits per heavy atom. The summed E-state index contributed by atoms with van der Waals surface area (Å²) in [7, 11) is 0. The van der Waals surface area contributed by atoms with Gasteiger partial charge in [-0.15, -0.1) is 24.0 Å². The number of halogens is 4. The monoisotopic (exact) mass is 512 g/mol. The average molecular weight is 512 g/mol. The molecule has 0 atom stereocenters. The second kappa shape index (κ2) is 11.8. The van der Waals surface area contributed by atoms with Gasteiger partial charge < -0.3 is 10.6 Å². The first-order valence-electron chi connectivity index (χ1n) is 9.61. The lowest BCUT2D eigenvalue weighted by Crippen LogP contribution is -2.49. The van der Waals surface area contributed by atoms with E-state index in [2.05, 4.69) is 10.6 Å². The summed E-state index contributed by atoms with van der Waals surface area (Å²) in [6.07, 6.45) is -0.659. The smallest absolute Gasteiger partial charge is 0.251 e. The highest BCUT2D eigenvalue weighted by Gasteiger charge is 2.23. The lowest BCUT2D eigenvalue weighted by molar-refractivity contribution is 0.0744. The van der Waals surface area contributed by atoms with Crippen molar-refractivity contribution in [1.82, 2.24) is 15.5 Å². The van der Waals surface area contributed by atoms with Crippen molar-refractivity contribution >= 4 is 29.9 Å². The second-order valence-electron chi connectivity index (χ2n) is 7.70. The average Bonchev–Trinajstić information content (AvgIpc) is 2.61. The highest BCUT2D eigenvalue weighted by molar-refractivity contribution is 14.0. The van der Waals surface area contributed by atoms with Crippen LogP contribution in [0, 0.1) is 5.82 Å². The van der Waals surface area contributed by atoms with E-state index < -0.39 is 6.43 Å². The van der Waals surface area contributed by atoms with Crippen molar-refractivity contribution in [3.8, 4) is 0 Å². The first kappa shape index (κ1) is 25.0. The number of likely N-dealkylation sites (tertiary alicyclic amines) is 1. The van der Waals surface area contributed by atoms with Crippen LogP contribution in [0.4, 0.5) is 13.2 Å². The Bertz CT molecular complexity index is 617. The number of nitrogens with zero attached hydrogens (tertiary/aromatic N) is 2. The summed E-state index contributed by atoms with van der Waals surface area (Å²) in [6.45, 7) is 8.50. The van der Waals surface area contributed by atoms with E-state index in [0.717, 1.165) is 24.9 Å². The third kappa shape index (κ3) is 8.14. The van der Waals surface area contributed by atoms with Crippen molar-refractivity contribution in [2.24, 2.45) is 4.99 Å². The number of hydrogen-bond donors (Lipinski definition) is 2. The normalized spacial score (nSPS) is 16.8. The van der Waals surface area contributed by atoms with E-state index in [4.69, 9.17) is 4.99 Å². The van der Waals surface area contributed by atoms with Gasteiger partial charge in [0.15, 0.2) is 5.96 Å². The van der Waals surface area contributed by atoms with E-state index in [1.807, 2.05) is 26.8 Å². The lowest BCUT2D eigenvalue weighted by Gasteiger charge is -2.33. The van der Waals surface area contributed by atoms with Crippen molar-refractivity contribution < 1.29 is 13.2 Å². The van der Waals surface area contributed by atoms with Crippen LogP contribution in [0.1, 0.15) is 39.2 Å². The molecule has 0 bridgehead atoms. The maximum atomic E-state index is 13.5. The van der Waals surface area contributed by atoms with Crippen molar-refractivity contribution in [1.29, 1.82) is 0 Å². The fourth-order valence-corrected chi connectivity index (χ4v) is 3.25. The van der Waals surface area contributed by atoms with Crippen LogP contribution in [0.25, 0.3) is 0 Å². The molecule has 8 heteroatoms. The van der Waals surface area contributed by atoms with Gasteiger partial charge in [-0.1, -0.05) is 26.0 Å². The van der Waals surface area contributed by atoms with Gasteiger partial charge >= 0.3 is 0 Å². The van der Waals surface area contributed by atoms with Gasteiger partial charge in [-0.3, -0.25) is 9.89 Å². The second-order valence-corrected chi connectivity index (χ2v) is 7.70. The van der Waals surface area contributed by atoms with Crippen LogP contribution in [0.3, 0.4) is 0 Å². The lowest BCUT2D eigenvalue weighted by atomic mass is 9.85. The molecule has 1 fully saturated rings. The van der Waals surface area contributed by atoms with E-state index in [9.17, 15) is 13.2 Å². The first-order chi connectivity index (χ1) is 12.8. The molecule has 0 aromatic heterocycles. The standard InChI is InChI=1S/C20H31F3N4.HI/c1-4-24-19(26-17-8-10-27(11-9-17)13-18(22)23)25-14-20(2,3)15-6-5-7-16(21)12-15;/h5-7,12,17-18H,4,8-11,13-14H2,1-3H3,(H2,24,25,26);1H. The van der Waals surface area contributed by atoms with Gasteiger partial charge in [0.2, 0.25) is 0 Å². The van der Waals surface area contributed by atoms with Crippen LogP contribution in [-0.4, -0.2) is 56.1 Å². The predicted molar refractivity (Wildman–Crippen MR) is 119 cm³/mol. The molecule has 2 N–H and O–H groups in total. The Morgan fingerprint density at radius 1 is 1.29 bits per heavy atom. The minimum atomic E-state index is -2.28. The number of hydrogen-bond acceptors (Lipinski definition) is 2. The Balaban J connectivity index is 0.00000392. The molecule has 28 heavy (non-hydrogen) atoms. The summed E-state index contributed by atoms with van der Waals surface area (Å²) in [5.41, 5.74) is 0.604. The number of nitrogens with one attached hydrogen (secondary N) is 2. The molecule has 0 amide bonds. The molecule has 0 spiro atoms. The van der Waals surface area contributed by atoms with Gasteiger partial charge in [0.25, 0.3) is 6.43 Å². The summed E-state index contributed by atoms with van der Waals surface area (Å²) in [5.74, 6) is 0.472. The summed E-state index contributed by atoms with van der Waals surface area (Å²) < 4.78 is 38.5. The van der Waals surface area contributed by atoms with E-state index in [0.29, 0.717) is 25.6 Å². The van der Waals surface area contributed by atoms with E-state index in [1.54, 1.807) is 17.0 Å². The van der Waals surface area contributed by atoms with Crippen molar-refractivity contribution in [2.45, 2.75) is 51.5 Å². The summed E-state index contributed by atoms with van der Waals surface area (Å²) in [5, 5.41) is 6.66. The Morgan fingerprint density at radius 3 is 2.54 bits per heavy atom. The molecule has 4 nitrogen and oxygen atoms in total. The molecule has 0 saturated carbocycles. The number of benzene rings is 1. The molecule has 0 unspecified atom stereocenters. The molecular weight excluding hydrogens is 480 g/mol. The van der Waals surface area contributed by atoms with E-state index >= 15 is 0 Å². The Kier molecular flexibility index (Phi) is 10.6. The quantitative estimate of drug-likeness (QED) is 0.330. The zero-order chi connectivity index (χ0) is 19.9. The number of alkyl halides is 2. The van der Waals surface area contributed by atoms with Crippen LogP contribution >= 0.6 is 24.0 Å². The van der Waals surface area contributed by atoms with E-state index in [-0.39, 0.29) is 47.8 Å². The van der Waals surface area contributed by atoms with Crippen molar-refractivity contribution in [3.63, 3.8) is 0 Å². The molecule has 1 aliphatic heterocycles. The van der Waals surface area contributed by atoms with Crippen LogP contribution in [0.5, 0.6) is 0 Å². The fraction of sp³-hybridized carbons (Fsp3) is 0.650. The Labute approximate surface area is 183 Å². The van der Waals surface area contributed by atoms with Gasteiger partial charge in [0.05, 0.1) is 13.1 Å². The number of aliphatic imine (C=N–C) groups is 1. The maximum Gasteiger partial charge on any atom is 0.251 e. The molecule has 1 heterocycles. The maximum absolute atomic E-state index is 13.5. The molecule has 1 aromatic carbocycles. The first-order valence-corrected chi connectivity index (χ1v) is 9.61. The zero-order valence-electron chi connectivity index (χ0n) is 16.9. The number of piperidine rings is 1. The number of guanidine groups is 1. The van der Waals surface area contributed by atoms with Crippen LogP contribution in [0.2, 0.25) is 0 Å². The van der Waals surface area contributed by atoms with Gasteiger partial charge in [-0.25, -0.2) is 13.2 Å². The highest BCUT2D eigenvalue weighted by atomic mass is 127. The molecule has 0 aliphatic carbocycles. The van der Waals surface area contributed by atoms with Gasteiger partial charge in [0, 0.05) is 31.1 Å². The van der Waals surface area contributed by atoms with E-state index in [1.165, 1.54) is 6.07 Å². The SMILES string of the molecule is CCNC(=NCC(C)(C)c1cccc(F)c1)NC1CCN(CC(F)F)CC1.I. The molecule has 160 valence electrons. The van der Waals surface area contributed by atoms with Crippen molar-refractivity contribution in [2.75, 3.05) is 32.7 Å². The topological polar surface area (TPSA) is 39.7 Å². The number of rotatable bonds is 7. The predicted octanol–water partition coefficient (Wildman–Crippen LogP) is 4.01. The Hall–Kier alpha value is -1.03. The van der Waals surface area contributed by atoms with Crippen LogP contribution in [-0.2, 0) is 5.41 Å². The molecule has 1 saturated heterocycles. The van der Waals surface area contributed by atoms with Crippen LogP contribution in [0.15, 0.2) is 29.3 Å².